The van der Waals surface area contributed by atoms with Crippen molar-refractivity contribution in [2.75, 3.05) is 12.4 Å². The molecule has 4 heteroatoms. The Hall–Kier alpha value is -1.84. The lowest BCUT2D eigenvalue weighted by Gasteiger charge is -2.21. The number of hydrogen-bond acceptors (Lipinski definition) is 3. The molecular weight excluding hydrogens is 231 g/mol. The first-order chi connectivity index (χ1) is 8.79. The van der Waals surface area contributed by atoms with Gasteiger partial charge in [-0.1, -0.05) is 17.3 Å². The van der Waals surface area contributed by atoms with Crippen LogP contribution in [0.1, 0.15) is 35.6 Å². The van der Waals surface area contributed by atoms with E-state index in [4.69, 9.17) is 4.52 Å². The van der Waals surface area contributed by atoms with Gasteiger partial charge in [-0.3, -0.25) is 0 Å². The van der Waals surface area contributed by atoms with Crippen LogP contribution in [-0.4, -0.2) is 12.2 Å². The Balaban J connectivity index is 2.00. The highest BCUT2D eigenvalue weighted by Crippen LogP contribution is 2.38. The molecule has 1 aromatic heterocycles. The maximum Gasteiger partial charge on any atom is 0.227 e. The van der Waals surface area contributed by atoms with Crippen molar-refractivity contribution in [1.29, 1.82) is 0 Å². The van der Waals surface area contributed by atoms with Crippen LogP contribution in [0.2, 0.25) is 0 Å². The molecule has 0 fully saturated rings. The summed E-state index contributed by atoms with van der Waals surface area (Å²) in [6.45, 7) is 0. The first kappa shape index (κ1) is 11.3. The van der Waals surface area contributed by atoms with Crippen LogP contribution < -0.4 is 5.32 Å². The van der Waals surface area contributed by atoms with Gasteiger partial charge < -0.3 is 9.84 Å². The molecule has 1 heterocycles. The van der Waals surface area contributed by atoms with Crippen LogP contribution in [0.4, 0.5) is 10.3 Å². The van der Waals surface area contributed by atoms with Gasteiger partial charge in [-0.2, -0.15) is 0 Å². The van der Waals surface area contributed by atoms with Gasteiger partial charge in [-0.05, 0) is 37.0 Å². The highest BCUT2D eigenvalue weighted by Gasteiger charge is 2.28. The average molecular weight is 246 g/mol. The predicted molar refractivity (Wildman–Crippen MR) is 67.2 cm³/mol. The molecule has 1 unspecified atom stereocenters. The fraction of sp³-hybridized carbons (Fsp3) is 0.357. The summed E-state index contributed by atoms with van der Waals surface area (Å²) in [4.78, 5) is 0. The van der Waals surface area contributed by atoms with Gasteiger partial charge in [-0.25, -0.2) is 4.39 Å². The zero-order valence-corrected chi connectivity index (χ0v) is 10.2. The Labute approximate surface area is 105 Å². The molecule has 1 aliphatic carbocycles. The van der Waals surface area contributed by atoms with Crippen molar-refractivity contribution in [2.24, 2.45) is 0 Å². The summed E-state index contributed by atoms with van der Waals surface area (Å²) in [5.41, 5.74) is 3.27. The van der Waals surface area contributed by atoms with Crippen molar-refractivity contribution in [3.8, 4) is 0 Å². The van der Waals surface area contributed by atoms with Crippen molar-refractivity contribution in [1.82, 2.24) is 5.16 Å². The Kier molecular flexibility index (Phi) is 2.78. The Morgan fingerprint density at radius 2 is 2.11 bits per heavy atom. The molecule has 0 spiro atoms. The molecule has 0 saturated heterocycles. The molecule has 0 aliphatic heterocycles. The van der Waals surface area contributed by atoms with E-state index in [0.29, 0.717) is 0 Å². The largest absolute Gasteiger partial charge is 0.357 e. The van der Waals surface area contributed by atoms with Gasteiger partial charge in [0.15, 0.2) is 0 Å². The third-order valence-electron chi connectivity index (χ3n) is 3.57. The summed E-state index contributed by atoms with van der Waals surface area (Å²) in [6, 6.07) is 6.68. The lowest BCUT2D eigenvalue weighted by atomic mass is 9.83. The second-order valence-corrected chi connectivity index (χ2v) is 4.62. The summed E-state index contributed by atoms with van der Waals surface area (Å²) < 4.78 is 18.3. The number of benzene rings is 1. The summed E-state index contributed by atoms with van der Waals surface area (Å²) in [6.07, 6.45) is 3.13. The van der Waals surface area contributed by atoms with Gasteiger partial charge >= 0.3 is 0 Å². The average Bonchev–Trinajstić information content (AvgIpc) is 2.82. The van der Waals surface area contributed by atoms with Gasteiger partial charge in [0, 0.05) is 18.5 Å². The van der Waals surface area contributed by atoms with Crippen LogP contribution in [0.3, 0.4) is 0 Å². The molecule has 94 valence electrons. The van der Waals surface area contributed by atoms with E-state index in [2.05, 4.69) is 10.5 Å². The summed E-state index contributed by atoms with van der Waals surface area (Å²) >= 11 is 0. The number of nitrogens with one attached hydrogen (secondary N) is 1. The van der Waals surface area contributed by atoms with Gasteiger partial charge in [0.05, 0.1) is 5.69 Å². The van der Waals surface area contributed by atoms with Gasteiger partial charge in [0.2, 0.25) is 5.88 Å². The molecular formula is C14H15FN2O. The second kappa shape index (κ2) is 4.44. The minimum atomic E-state index is -0.203. The summed E-state index contributed by atoms with van der Waals surface area (Å²) in [7, 11) is 1.84. The maximum absolute atomic E-state index is 13.0. The molecule has 1 atom stereocenters. The topological polar surface area (TPSA) is 38.1 Å². The van der Waals surface area contributed by atoms with E-state index in [0.717, 1.165) is 42.0 Å². The molecule has 18 heavy (non-hydrogen) atoms. The van der Waals surface area contributed by atoms with E-state index in [1.54, 1.807) is 0 Å². The van der Waals surface area contributed by atoms with E-state index >= 15 is 0 Å². The molecule has 0 radical (unpaired) electrons. The van der Waals surface area contributed by atoms with Crippen molar-refractivity contribution in [3.63, 3.8) is 0 Å². The first-order valence-corrected chi connectivity index (χ1v) is 6.21. The number of fused-ring (bicyclic) bond motifs is 1. The number of halogens is 1. The summed E-state index contributed by atoms with van der Waals surface area (Å²) in [5.74, 6) is 0.780. The number of rotatable bonds is 2. The van der Waals surface area contributed by atoms with E-state index in [9.17, 15) is 4.39 Å². The molecule has 3 rings (SSSR count). The molecule has 3 nitrogen and oxygen atoms in total. The predicted octanol–water partition coefficient (Wildman–Crippen LogP) is 3.32. The van der Waals surface area contributed by atoms with Crippen LogP contribution in [0.15, 0.2) is 28.8 Å². The highest BCUT2D eigenvalue weighted by atomic mass is 19.1. The Morgan fingerprint density at radius 1 is 1.33 bits per heavy atom. The number of aromatic nitrogens is 1. The second-order valence-electron chi connectivity index (χ2n) is 4.62. The minimum absolute atomic E-state index is 0.203. The van der Waals surface area contributed by atoms with Crippen molar-refractivity contribution >= 4 is 5.88 Å². The van der Waals surface area contributed by atoms with Crippen LogP contribution >= 0.6 is 0 Å². The Morgan fingerprint density at radius 3 is 2.83 bits per heavy atom. The van der Waals surface area contributed by atoms with Crippen LogP contribution in [0.5, 0.6) is 0 Å². The number of anilines is 1. The van der Waals surface area contributed by atoms with E-state index in [1.165, 1.54) is 12.1 Å². The van der Waals surface area contributed by atoms with Crippen molar-refractivity contribution in [3.05, 3.63) is 46.9 Å². The van der Waals surface area contributed by atoms with Gasteiger partial charge in [-0.15, -0.1) is 0 Å². The minimum Gasteiger partial charge on any atom is -0.357 e. The number of hydrogen-bond donors (Lipinski definition) is 1. The molecule has 0 amide bonds. The standard InChI is InChI=1S/C14H15FN2O/c1-16-14-12-4-2-3-11(13(12)17-18-14)9-5-7-10(15)8-6-9/h5-8,11,16H,2-4H2,1H3. The fourth-order valence-corrected chi connectivity index (χ4v) is 2.67. The maximum atomic E-state index is 13.0. The van der Waals surface area contributed by atoms with E-state index < -0.39 is 0 Å². The van der Waals surface area contributed by atoms with Crippen LogP contribution in [0, 0.1) is 5.82 Å². The lowest BCUT2D eigenvalue weighted by Crippen LogP contribution is -2.11. The molecule has 0 saturated carbocycles. The third kappa shape index (κ3) is 1.78. The Bertz CT molecular complexity index is 547. The molecule has 1 aromatic carbocycles. The lowest BCUT2D eigenvalue weighted by molar-refractivity contribution is 0.419. The SMILES string of the molecule is CNc1onc2c1CCCC2c1ccc(F)cc1. The zero-order chi connectivity index (χ0) is 12.5. The molecule has 1 N–H and O–H groups in total. The summed E-state index contributed by atoms with van der Waals surface area (Å²) in [5, 5.41) is 7.20. The smallest absolute Gasteiger partial charge is 0.227 e. The highest BCUT2D eigenvalue weighted by molar-refractivity contribution is 5.48. The molecule has 0 bridgehead atoms. The van der Waals surface area contributed by atoms with Crippen molar-refractivity contribution in [2.45, 2.75) is 25.2 Å². The quantitative estimate of drug-likeness (QED) is 0.883. The molecule has 2 aromatic rings. The first-order valence-electron chi connectivity index (χ1n) is 6.21. The zero-order valence-electron chi connectivity index (χ0n) is 10.2. The monoisotopic (exact) mass is 246 g/mol. The van der Waals surface area contributed by atoms with Gasteiger partial charge in [0.1, 0.15) is 5.82 Å². The van der Waals surface area contributed by atoms with Crippen molar-refractivity contribution < 1.29 is 8.91 Å². The molecule has 1 aliphatic rings. The van der Waals surface area contributed by atoms with E-state index in [1.807, 2.05) is 19.2 Å². The van der Waals surface area contributed by atoms with E-state index in [-0.39, 0.29) is 11.7 Å². The number of nitrogens with zero attached hydrogens (tertiary/aromatic N) is 1. The van der Waals surface area contributed by atoms with Crippen LogP contribution in [0.25, 0.3) is 0 Å². The van der Waals surface area contributed by atoms with Gasteiger partial charge in [0.25, 0.3) is 0 Å². The third-order valence-corrected chi connectivity index (χ3v) is 3.57. The fourth-order valence-electron chi connectivity index (χ4n) is 2.67. The normalized spacial score (nSPS) is 18.4. The van der Waals surface area contributed by atoms with Crippen LogP contribution in [-0.2, 0) is 6.42 Å².